The Kier molecular flexibility index (Phi) is 3.48. The Bertz CT molecular complexity index is 287. The lowest BCUT2D eigenvalue weighted by Crippen LogP contribution is -2.09. The van der Waals surface area contributed by atoms with Crippen molar-refractivity contribution in [3.8, 4) is 0 Å². The molecule has 0 aliphatic heterocycles. The summed E-state index contributed by atoms with van der Waals surface area (Å²) in [4.78, 5) is 11.2. The number of aryl methyl sites for hydroxylation is 1. The Labute approximate surface area is 82.7 Å². The van der Waals surface area contributed by atoms with Crippen molar-refractivity contribution in [3.63, 3.8) is 0 Å². The summed E-state index contributed by atoms with van der Waals surface area (Å²) in [6.07, 6.45) is 3.17. The summed E-state index contributed by atoms with van der Waals surface area (Å²) in [6.45, 7) is 4.14. The Morgan fingerprint density at radius 2 is 2.38 bits per heavy atom. The molecule has 0 amide bonds. The Morgan fingerprint density at radius 3 is 2.85 bits per heavy atom. The molecule has 72 valence electrons. The van der Waals surface area contributed by atoms with Crippen LogP contribution >= 0.6 is 11.6 Å². The maximum absolute atomic E-state index is 11.2. The lowest BCUT2D eigenvalue weighted by molar-refractivity contribution is -0.119. The molecule has 0 saturated carbocycles. The molecular formula is C9H13ClN2O. The first-order valence-corrected chi connectivity index (χ1v) is 4.72. The normalized spacial score (nSPS) is 10.4. The van der Waals surface area contributed by atoms with Crippen LogP contribution in [0.25, 0.3) is 0 Å². The van der Waals surface area contributed by atoms with Crippen LogP contribution < -0.4 is 0 Å². The second-order valence-electron chi connectivity index (χ2n) is 3.05. The minimum atomic E-state index is 0.196. The van der Waals surface area contributed by atoms with E-state index in [0.29, 0.717) is 18.0 Å². The van der Waals surface area contributed by atoms with Crippen LogP contribution in [0.4, 0.5) is 0 Å². The molecule has 0 aromatic carbocycles. The summed E-state index contributed by atoms with van der Waals surface area (Å²) >= 11 is 5.80. The standard InChI is InChI=1S/C9H13ClN2O/c1-3-4-8(13)5-12-6-9(10)7(2)11-12/h6H,3-5H2,1-2H3. The van der Waals surface area contributed by atoms with E-state index < -0.39 is 0 Å². The van der Waals surface area contributed by atoms with Crippen molar-refractivity contribution in [3.05, 3.63) is 16.9 Å². The zero-order valence-corrected chi connectivity index (χ0v) is 8.64. The highest BCUT2D eigenvalue weighted by atomic mass is 35.5. The molecule has 1 aromatic heterocycles. The van der Waals surface area contributed by atoms with Crippen molar-refractivity contribution >= 4 is 17.4 Å². The molecule has 0 unspecified atom stereocenters. The molecule has 0 saturated heterocycles. The second-order valence-corrected chi connectivity index (χ2v) is 3.46. The molecule has 0 N–H and O–H groups in total. The summed E-state index contributed by atoms with van der Waals surface area (Å²) in [5, 5.41) is 4.71. The van der Waals surface area contributed by atoms with Crippen LogP contribution in [0, 0.1) is 6.92 Å². The van der Waals surface area contributed by atoms with E-state index >= 15 is 0 Å². The molecule has 0 radical (unpaired) electrons. The smallest absolute Gasteiger partial charge is 0.154 e. The number of halogens is 1. The highest BCUT2D eigenvalue weighted by molar-refractivity contribution is 6.31. The Morgan fingerprint density at radius 1 is 1.69 bits per heavy atom. The molecular weight excluding hydrogens is 188 g/mol. The summed E-state index contributed by atoms with van der Waals surface area (Å²) < 4.78 is 1.59. The van der Waals surface area contributed by atoms with Crippen molar-refractivity contribution in [2.75, 3.05) is 0 Å². The summed E-state index contributed by atoms with van der Waals surface area (Å²) in [5.41, 5.74) is 0.769. The van der Waals surface area contributed by atoms with Gasteiger partial charge in [-0.15, -0.1) is 0 Å². The number of Topliss-reactive ketones (excluding diaryl/α,β-unsaturated/α-hetero) is 1. The molecule has 13 heavy (non-hydrogen) atoms. The predicted molar refractivity (Wildman–Crippen MR) is 51.9 cm³/mol. The molecule has 0 spiro atoms. The third-order valence-corrected chi connectivity index (χ3v) is 2.12. The number of nitrogens with zero attached hydrogens (tertiary/aromatic N) is 2. The minimum Gasteiger partial charge on any atom is -0.298 e. The molecule has 1 aromatic rings. The first-order chi connectivity index (χ1) is 6.13. The van der Waals surface area contributed by atoms with Gasteiger partial charge in [0.05, 0.1) is 17.3 Å². The van der Waals surface area contributed by atoms with Crippen molar-refractivity contribution in [2.24, 2.45) is 0 Å². The van der Waals surface area contributed by atoms with Crippen LogP contribution in [-0.2, 0) is 11.3 Å². The molecule has 1 rings (SSSR count). The van der Waals surface area contributed by atoms with E-state index in [1.54, 1.807) is 10.9 Å². The number of ketones is 1. The largest absolute Gasteiger partial charge is 0.298 e. The van der Waals surface area contributed by atoms with Crippen LogP contribution in [0.15, 0.2) is 6.20 Å². The van der Waals surface area contributed by atoms with Crippen LogP contribution in [0.2, 0.25) is 5.02 Å². The molecule has 0 bridgehead atoms. The van der Waals surface area contributed by atoms with E-state index in [1.165, 1.54) is 0 Å². The average Bonchev–Trinajstić information content (AvgIpc) is 2.31. The molecule has 0 aliphatic rings. The van der Waals surface area contributed by atoms with Crippen molar-refractivity contribution in [1.82, 2.24) is 9.78 Å². The van der Waals surface area contributed by atoms with Gasteiger partial charge in [-0.05, 0) is 13.3 Å². The lowest BCUT2D eigenvalue weighted by Gasteiger charge is -1.98. The minimum absolute atomic E-state index is 0.196. The van der Waals surface area contributed by atoms with Gasteiger partial charge in [-0.1, -0.05) is 18.5 Å². The van der Waals surface area contributed by atoms with E-state index in [-0.39, 0.29) is 5.78 Å². The fourth-order valence-electron chi connectivity index (χ4n) is 1.11. The van der Waals surface area contributed by atoms with E-state index in [9.17, 15) is 4.79 Å². The molecule has 3 nitrogen and oxygen atoms in total. The second kappa shape index (κ2) is 4.42. The van der Waals surface area contributed by atoms with Crippen LogP contribution in [0.3, 0.4) is 0 Å². The predicted octanol–water partition coefficient (Wildman–Crippen LogP) is 2.21. The van der Waals surface area contributed by atoms with E-state index in [2.05, 4.69) is 5.10 Å². The van der Waals surface area contributed by atoms with Crippen molar-refractivity contribution in [1.29, 1.82) is 0 Å². The number of hydrogen-bond acceptors (Lipinski definition) is 2. The van der Waals surface area contributed by atoms with Crippen LogP contribution in [-0.4, -0.2) is 15.6 Å². The molecule has 1 heterocycles. The monoisotopic (exact) mass is 200 g/mol. The van der Waals surface area contributed by atoms with E-state index in [1.807, 2.05) is 13.8 Å². The third kappa shape index (κ3) is 2.84. The van der Waals surface area contributed by atoms with Crippen LogP contribution in [0.5, 0.6) is 0 Å². The van der Waals surface area contributed by atoms with Gasteiger partial charge < -0.3 is 0 Å². The lowest BCUT2D eigenvalue weighted by atomic mass is 10.2. The van der Waals surface area contributed by atoms with Gasteiger partial charge in [0.1, 0.15) is 0 Å². The zero-order chi connectivity index (χ0) is 9.84. The Hall–Kier alpha value is -0.830. The summed E-state index contributed by atoms with van der Waals surface area (Å²) in [5.74, 6) is 0.196. The highest BCUT2D eigenvalue weighted by Crippen LogP contribution is 2.11. The molecule has 0 atom stereocenters. The maximum atomic E-state index is 11.2. The molecule has 0 fully saturated rings. The fourth-order valence-corrected chi connectivity index (χ4v) is 1.26. The molecule has 4 heteroatoms. The van der Waals surface area contributed by atoms with E-state index in [0.717, 1.165) is 12.1 Å². The number of carbonyl (C=O) groups is 1. The first kappa shape index (κ1) is 10.3. The average molecular weight is 201 g/mol. The van der Waals surface area contributed by atoms with Gasteiger partial charge in [-0.25, -0.2) is 0 Å². The number of aromatic nitrogens is 2. The van der Waals surface area contributed by atoms with Gasteiger partial charge in [0.2, 0.25) is 0 Å². The third-order valence-electron chi connectivity index (χ3n) is 1.75. The van der Waals surface area contributed by atoms with Gasteiger partial charge in [-0.3, -0.25) is 9.48 Å². The number of hydrogen-bond donors (Lipinski definition) is 0. The number of carbonyl (C=O) groups excluding carboxylic acids is 1. The van der Waals surface area contributed by atoms with E-state index in [4.69, 9.17) is 11.6 Å². The van der Waals surface area contributed by atoms with Crippen molar-refractivity contribution < 1.29 is 4.79 Å². The van der Waals surface area contributed by atoms with Gasteiger partial charge in [-0.2, -0.15) is 5.10 Å². The highest BCUT2D eigenvalue weighted by Gasteiger charge is 2.05. The quantitative estimate of drug-likeness (QED) is 0.747. The summed E-state index contributed by atoms with van der Waals surface area (Å²) in [7, 11) is 0. The first-order valence-electron chi connectivity index (χ1n) is 4.34. The molecule has 0 aliphatic carbocycles. The van der Waals surface area contributed by atoms with Gasteiger partial charge in [0.25, 0.3) is 0 Å². The van der Waals surface area contributed by atoms with Crippen LogP contribution in [0.1, 0.15) is 25.5 Å². The fraction of sp³-hybridized carbons (Fsp3) is 0.556. The zero-order valence-electron chi connectivity index (χ0n) is 7.88. The topological polar surface area (TPSA) is 34.9 Å². The van der Waals surface area contributed by atoms with Gasteiger partial charge >= 0.3 is 0 Å². The SMILES string of the molecule is CCCC(=O)Cn1cc(Cl)c(C)n1. The van der Waals surface area contributed by atoms with Gasteiger partial charge in [0, 0.05) is 12.6 Å². The summed E-state index contributed by atoms with van der Waals surface area (Å²) in [6, 6.07) is 0. The Balaban J connectivity index is 2.59. The van der Waals surface area contributed by atoms with Gasteiger partial charge in [0.15, 0.2) is 5.78 Å². The van der Waals surface area contributed by atoms with Crippen molar-refractivity contribution in [2.45, 2.75) is 33.2 Å². The number of rotatable bonds is 4. The maximum Gasteiger partial charge on any atom is 0.154 e.